The van der Waals surface area contributed by atoms with Crippen LogP contribution in [-0.4, -0.2) is 56.3 Å². The zero-order valence-electron chi connectivity index (χ0n) is 15.0. The van der Waals surface area contributed by atoms with E-state index in [1.807, 2.05) is 0 Å². The van der Waals surface area contributed by atoms with Crippen molar-refractivity contribution in [3.8, 4) is 5.75 Å². The summed E-state index contributed by atoms with van der Waals surface area (Å²) in [6.07, 6.45) is -4.39. The van der Waals surface area contributed by atoms with Crippen molar-refractivity contribution in [3.05, 3.63) is 29.8 Å². The molecular formula is C18H25F3N2O3. The molecule has 1 aliphatic rings. The Kier molecular flexibility index (Phi) is 7.28. The molecule has 8 heteroatoms. The largest absolute Gasteiger partial charge is 0.484 e. The second-order valence-electron chi connectivity index (χ2n) is 6.57. The zero-order valence-corrected chi connectivity index (χ0v) is 15.0. The Morgan fingerprint density at radius 1 is 1.23 bits per heavy atom. The summed E-state index contributed by atoms with van der Waals surface area (Å²) in [6, 6.07) is 4.48. The first-order chi connectivity index (χ1) is 12.3. The molecule has 1 atom stereocenters. The van der Waals surface area contributed by atoms with E-state index in [2.05, 4.69) is 24.1 Å². The molecule has 1 heterocycles. The number of nitrogens with zero attached hydrogens (tertiary/aromatic N) is 1. The van der Waals surface area contributed by atoms with Crippen molar-refractivity contribution in [3.63, 3.8) is 0 Å². The average molecular weight is 374 g/mol. The lowest BCUT2D eigenvalue weighted by Gasteiger charge is -2.36. The Balaban J connectivity index is 1.78. The van der Waals surface area contributed by atoms with Gasteiger partial charge in [-0.15, -0.1) is 0 Å². The Bertz CT molecular complexity index is 570. The Morgan fingerprint density at radius 3 is 2.38 bits per heavy atom. The summed E-state index contributed by atoms with van der Waals surface area (Å²) < 4.78 is 48.1. The number of rotatable bonds is 7. The monoisotopic (exact) mass is 374 g/mol. The molecule has 0 unspecified atom stereocenters. The van der Waals surface area contributed by atoms with E-state index in [-0.39, 0.29) is 24.3 Å². The van der Waals surface area contributed by atoms with Crippen LogP contribution in [0.15, 0.2) is 24.3 Å². The van der Waals surface area contributed by atoms with Crippen molar-refractivity contribution in [1.29, 1.82) is 0 Å². The average Bonchev–Trinajstić information content (AvgIpc) is 2.60. The second kappa shape index (κ2) is 9.23. The summed E-state index contributed by atoms with van der Waals surface area (Å²) in [4.78, 5) is 14.3. The topological polar surface area (TPSA) is 50.8 Å². The first-order valence-electron chi connectivity index (χ1n) is 8.66. The van der Waals surface area contributed by atoms with Gasteiger partial charge in [0.05, 0.1) is 18.8 Å². The van der Waals surface area contributed by atoms with Gasteiger partial charge < -0.3 is 14.8 Å². The number of alkyl halides is 3. The normalized spacial score (nSPS) is 17.2. The molecule has 26 heavy (non-hydrogen) atoms. The van der Waals surface area contributed by atoms with Gasteiger partial charge in [-0.05, 0) is 30.2 Å². The van der Waals surface area contributed by atoms with E-state index in [9.17, 15) is 18.0 Å². The van der Waals surface area contributed by atoms with E-state index in [1.54, 1.807) is 0 Å². The molecule has 1 amide bonds. The summed E-state index contributed by atoms with van der Waals surface area (Å²) in [6.45, 7) is 7.51. The minimum atomic E-state index is -4.39. The minimum absolute atomic E-state index is 0.203. The van der Waals surface area contributed by atoms with Crippen LogP contribution in [0.1, 0.15) is 19.4 Å². The number of amides is 1. The molecule has 1 aliphatic heterocycles. The lowest BCUT2D eigenvalue weighted by molar-refractivity contribution is -0.137. The summed E-state index contributed by atoms with van der Waals surface area (Å²) in [7, 11) is 0. The maximum Gasteiger partial charge on any atom is 0.416 e. The van der Waals surface area contributed by atoms with Crippen LogP contribution in [0, 0.1) is 5.92 Å². The SMILES string of the molecule is CC(C)[C@@H](CNC(=O)COc1ccc(C(F)(F)F)cc1)N1CCOCC1. The smallest absolute Gasteiger partial charge is 0.416 e. The van der Waals surface area contributed by atoms with E-state index in [0.29, 0.717) is 25.7 Å². The van der Waals surface area contributed by atoms with Gasteiger partial charge in [-0.1, -0.05) is 13.8 Å². The van der Waals surface area contributed by atoms with Crippen molar-refractivity contribution < 1.29 is 27.4 Å². The maximum absolute atomic E-state index is 12.5. The molecule has 146 valence electrons. The highest BCUT2D eigenvalue weighted by molar-refractivity contribution is 5.77. The van der Waals surface area contributed by atoms with Gasteiger partial charge in [-0.2, -0.15) is 13.2 Å². The van der Waals surface area contributed by atoms with Crippen molar-refractivity contribution in [2.45, 2.75) is 26.1 Å². The van der Waals surface area contributed by atoms with Gasteiger partial charge in [0.15, 0.2) is 6.61 Å². The zero-order chi connectivity index (χ0) is 19.2. The van der Waals surface area contributed by atoms with Gasteiger partial charge in [-0.3, -0.25) is 9.69 Å². The van der Waals surface area contributed by atoms with Crippen molar-refractivity contribution in [2.75, 3.05) is 39.5 Å². The van der Waals surface area contributed by atoms with E-state index >= 15 is 0 Å². The van der Waals surface area contributed by atoms with Gasteiger partial charge in [0.2, 0.25) is 0 Å². The molecule has 1 aromatic carbocycles. The number of ether oxygens (including phenoxy) is 2. The van der Waals surface area contributed by atoms with E-state index in [0.717, 1.165) is 25.2 Å². The van der Waals surface area contributed by atoms with Crippen LogP contribution in [0.3, 0.4) is 0 Å². The number of nitrogens with one attached hydrogen (secondary N) is 1. The summed E-state index contributed by atoms with van der Waals surface area (Å²) >= 11 is 0. The number of benzene rings is 1. The van der Waals surface area contributed by atoms with Crippen molar-refractivity contribution in [2.24, 2.45) is 5.92 Å². The van der Waals surface area contributed by atoms with E-state index in [1.165, 1.54) is 12.1 Å². The van der Waals surface area contributed by atoms with E-state index in [4.69, 9.17) is 9.47 Å². The van der Waals surface area contributed by atoms with Crippen LogP contribution in [0.25, 0.3) is 0 Å². The lowest BCUT2D eigenvalue weighted by atomic mass is 10.0. The minimum Gasteiger partial charge on any atom is -0.484 e. The highest BCUT2D eigenvalue weighted by Crippen LogP contribution is 2.30. The summed E-state index contributed by atoms with van der Waals surface area (Å²) in [5, 5.41) is 2.84. The first kappa shape index (κ1) is 20.5. The van der Waals surface area contributed by atoms with Crippen molar-refractivity contribution >= 4 is 5.91 Å². The number of morpholine rings is 1. The fourth-order valence-corrected chi connectivity index (χ4v) is 2.85. The number of carbonyl (C=O) groups excluding carboxylic acids is 1. The third kappa shape index (κ3) is 6.17. The third-order valence-electron chi connectivity index (χ3n) is 4.34. The molecule has 0 aliphatic carbocycles. The molecule has 0 aromatic heterocycles. The standard InChI is InChI=1S/C18H25F3N2O3/c1-13(2)16(23-7-9-25-10-8-23)11-22-17(24)12-26-15-5-3-14(4-6-15)18(19,20)21/h3-6,13,16H,7-12H2,1-2H3,(H,22,24)/t16-/m1/s1. The van der Waals surface area contributed by atoms with Gasteiger partial charge >= 0.3 is 6.18 Å². The van der Waals surface area contributed by atoms with E-state index < -0.39 is 11.7 Å². The number of carbonyl (C=O) groups is 1. The molecular weight excluding hydrogens is 349 g/mol. The van der Waals surface area contributed by atoms with Crippen LogP contribution >= 0.6 is 0 Å². The van der Waals surface area contributed by atoms with Crippen molar-refractivity contribution in [1.82, 2.24) is 10.2 Å². The number of hydrogen-bond donors (Lipinski definition) is 1. The predicted octanol–water partition coefficient (Wildman–Crippen LogP) is 2.56. The first-order valence-corrected chi connectivity index (χ1v) is 8.66. The lowest BCUT2D eigenvalue weighted by Crippen LogP contribution is -2.51. The van der Waals surface area contributed by atoms with Crippen LogP contribution < -0.4 is 10.1 Å². The van der Waals surface area contributed by atoms with Crippen LogP contribution in [-0.2, 0) is 15.7 Å². The molecule has 0 radical (unpaired) electrons. The highest BCUT2D eigenvalue weighted by Gasteiger charge is 2.30. The summed E-state index contributed by atoms with van der Waals surface area (Å²) in [5.74, 6) is 0.287. The number of hydrogen-bond acceptors (Lipinski definition) is 4. The molecule has 2 rings (SSSR count). The predicted molar refractivity (Wildman–Crippen MR) is 91.0 cm³/mol. The second-order valence-corrected chi connectivity index (χ2v) is 6.57. The molecule has 1 fully saturated rings. The van der Waals surface area contributed by atoms with Gasteiger partial charge in [0, 0.05) is 25.7 Å². The van der Waals surface area contributed by atoms with Gasteiger partial charge in [0.1, 0.15) is 5.75 Å². The molecule has 5 nitrogen and oxygen atoms in total. The molecule has 0 spiro atoms. The quantitative estimate of drug-likeness (QED) is 0.797. The Morgan fingerprint density at radius 2 is 1.85 bits per heavy atom. The number of halogens is 3. The maximum atomic E-state index is 12.5. The fourth-order valence-electron chi connectivity index (χ4n) is 2.85. The Labute approximate surface area is 151 Å². The Hall–Kier alpha value is -1.80. The van der Waals surface area contributed by atoms with Crippen LogP contribution in [0.5, 0.6) is 5.75 Å². The van der Waals surface area contributed by atoms with Gasteiger partial charge in [-0.25, -0.2) is 0 Å². The van der Waals surface area contributed by atoms with Crippen LogP contribution in [0.4, 0.5) is 13.2 Å². The molecule has 1 saturated heterocycles. The van der Waals surface area contributed by atoms with Crippen LogP contribution in [0.2, 0.25) is 0 Å². The highest BCUT2D eigenvalue weighted by atomic mass is 19.4. The molecule has 0 bridgehead atoms. The summed E-state index contributed by atoms with van der Waals surface area (Å²) in [5.41, 5.74) is -0.750. The third-order valence-corrected chi connectivity index (χ3v) is 4.34. The molecule has 1 aromatic rings. The van der Waals surface area contributed by atoms with Gasteiger partial charge in [0.25, 0.3) is 5.91 Å². The molecule has 0 saturated carbocycles. The fraction of sp³-hybridized carbons (Fsp3) is 0.611. The molecule has 1 N–H and O–H groups in total.